The van der Waals surface area contributed by atoms with E-state index in [-0.39, 0.29) is 12.5 Å². The van der Waals surface area contributed by atoms with Crippen molar-refractivity contribution in [1.82, 2.24) is 4.90 Å². The minimum absolute atomic E-state index is 0.189. The van der Waals surface area contributed by atoms with Crippen LogP contribution in [0.5, 0.6) is 0 Å². The van der Waals surface area contributed by atoms with Crippen LogP contribution >= 0.6 is 0 Å². The van der Waals surface area contributed by atoms with Gasteiger partial charge < -0.3 is 20.5 Å². The van der Waals surface area contributed by atoms with E-state index in [4.69, 9.17) is 10.5 Å². The van der Waals surface area contributed by atoms with Crippen molar-refractivity contribution in [3.63, 3.8) is 0 Å². The Morgan fingerprint density at radius 1 is 1.33 bits per heavy atom. The lowest BCUT2D eigenvalue weighted by atomic mass is 9.97. The number of carbonyl (C=O) groups is 2. The van der Waals surface area contributed by atoms with Crippen LogP contribution in [0.3, 0.4) is 0 Å². The Labute approximate surface area is 106 Å². The van der Waals surface area contributed by atoms with E-state index in [9.17, 15) is 14.7 Å². The van der Waals surface area contributed by atoms with Gasteiger partial charge in [0.2, 0.25) is 5.91 Å². The molecule has 2 unspecified atom stereocenters. The third kappa shape index (κ3) is 2.49. The second-order valence-electron chi connectivity index (χ2n) is 5.16. The predicted octanol–water partition coefficient (Wildman–Crippen LogP) is -0.0400. The van der Waals surface area contributed by atoms with Crippen molar-refractivity contribution >= 4 is 11.9 Å². The second-order valence-corrected chi connectivity index (χ2v) is 5.16. The van der Waals surface area contributed by atoms with E-state index in [0.717, 1.165) is 19.3 Å². The van der Waals surface area contributed by atoms with E-state index in [0.29, 0.717) is 26.0 Å². The monoisotopic (exact) mass is 256 g/mol. The number of ether oxygens (including phenoxy) is 1. The van der Waals surface area contributed by atoms with Gasteiger partial charge in [0.15, 0.2) is 0 Å². The molecule has 0 aliphatic carbocycles. The Morgan fingerprint density at radius 2 is 2.11 bits per heavy atom. The first-order chi connectivity index (χ1) is 8.54. The molecule has 2 aliphatic heterocycles. The normalized spacial score (nSPS) is 33.2. The van der Waals surface area contributed by atoms with Gasteiger partial charge in [0, 0.05) is 13.2 Å². The standard InChI is InChI=1S/C12H20N2O4/c13-12(5-7-18-8-12)11(17)14-6-3-1-2-4-9(14)10(15)16/h9H,1-8,13H2,(H,15,16). The molecule has 102 valence electrons. The van der Waals surface area contributed by atoms with Crippen molar-refractivity contribution in [1.29, 1.82) is 0 Å². The molecule has 0 radical (unpaired) electrons. The number of hydrogen-bond acceptors (Lipinski definition) is 4. The number of likely N-dealkylation sites (tertiary alicyclic amines) is 1. The highest BCUT2D eigenvalue weighted by molar-refractivity contribution is 5.90. The zero-order chi connectivity index (χ0) is 13.2. The van der Waals surface area contributed by atoms with Crippen LogP contribution in [-0.4, -0.2) is 53.2 Å². The largest absolute Gasteiger partial charge is 0.480 e. The van der Waals surface area contributed by atoms with Crippen LogP contribution in [0, 0.1) is 0 Å². The van der Waals surface area contributed by atoms with Crippen LogP contribution in [0.15, 0.2) is 0 Å². The molecule has 2 rings (SSSR count). The summed E-state index contributed by atoms with van der Waals surface area (Å²) in [5, 5.41) is 9.24. The third-order valence-corrected chi connectivity index (χ3v) is 3.78. The van der Waals surface area contributed by atoms with Gasteiger partial charge in [-0.15, -0.1) is 0 Å². The fraction of sp³-hybridized carbons (Fsp3) is 0.833. The number of aliphatic carboxylic acids is 1. The fourth-order valence-electron chi connectivity index (χ4n) is 2.64. The number of carboxylic acids is 1. The number of nitrogens with two attached hydrogens (primary N) is 1. The van der Waals surface area contributed by atoms with Gasteiger partial charge in [-0.3, -0.25) is 4.79 Å². The van der Waals surface area contributed by atoms with Gasteiger partial charge in [0.25, 0.3) is 0 Å². The maximum absolute atomic E-state index is 12.4. The summed E-state index contributed by atoms with van der Waals surface area (Å²) in [6.07, 6.45) is 3.62. The SMILES string of the molecule is NC1(C(=O)N2CCCCCC2C(=O)O)CCOC1. The summed E-state index contributed by atoms with van der Waals surface area (Å²) in [5.74, 6) is -1.21. The van der Waals surface area contributed by atoms with Crippen molar-refractivity contribution in [3.8, 4) is 0 Å². The lowest BCUT2D eigenvalue weighted by molar-refractivity contribution is -0.152. The van der Waals surface area contributed by atoms with Crippen LogP contribution in [0.4, 0.5) is 0 Å². The summed E-state index contributed by atoms with van der Waals surface area (Å²) in [6.45, 7) is 1.14. The van der Waals surface area contributed by atoms with E-state index in [1.54, 1.807) is 0 Å². The Kier molecular flexibility index (Phi) is 3.87. The summed E-state index contributed by atoms with van der Waals surface area (Å²) in [4.78, 5) is 25.2. The topological polar surface area (TPSA) is 92.9 Å². The average molecular weight is 256 g/mol. The molecule has 2 heterocycles. The molecule has 0 aromatic heterocycles. The first-order valence-electron chi connectivity index (χ1n) is 6.45. The molecule has 3 N–H and O–H groups in total. The highest BCUT2D eigenvalue weighted by Gasteiger charge is 2.44. The zero-order valence-electron chi connectivity index (χ0n) is 10.4. The van der Waals surface area contributed by atoms with Crippen molar-refractivity contribution in [2.75, 3.05) is 19.8 Å². The first-order valence-corrected chi connectivity index (χ1v) is 6.45. The minimum atomic E-state index is -1.03. The Hall–Kier alpha value is -1.14. The summed E-state index contributed by atoms with van der Waals surface area (Å²) in [7, 11) is 0. The van der Waals surface area contributed by atoms with E-state index in [1.807, 2.05) is 0 Å². The van der Waals surface area contributed by atoms with Gasteiger partial charge in [0.1, 0.15) is 11.6 Å². The number of amides is 1. The molecule has 0 saturated carbocycles. The predicted molar refractivity (Wildman–Crippen MR) is 64.0 cm³/mol. The summed E-state index contributed by atoms with van der Waals surface area (Å²) < 4.78 is 5.18. The van der Waals surface area contributed by atoms with Crippen molar-refractivity contribution in [3.05, 3.63) is 0 Å². The van der Waals surface area contributed by atoms with Gasteiger partial charge in [-0.05, 0) is 19.3 Å². The molecule has 2 fully saturated rings. The molecule has 0 aromatic carbocycles. The molecule has 0 bridgehead atoms. The third-order valence-electron chi connectivity index (χ3n) is 3.78. The number of carboxylic acid groups (broad SMARTS) is 1. The van der Waals surface area contributed by atoms with Crippen molar-refractivity contribution in [2.45, 2.75) is 43.7 Å². The van der Waals surface area contributed by atoms with E-state index < -0.39 is 17.6 Å². The minimum Gasteiger partial charge on any atom is -0.480 e. The van der Waals surface area contributed by atoms with E-state index >= 15 is 0 Å². The lowest BCUT2D eigenvalue weighted by Crippen LogP contribution is -2.59. The number of nitrogens with zero attached hydrogens (tertiary/aromatic N) is 1. The molecule has 6 heteroatoms. The van der Waals surface area contributed by atoms with Gasteiger partial charge in [-0.25, -0.2) is 4.79 Å². The van der Waals surface area contributed by atoms with Crippen LogP contribution in [-0.2, 0) is 14.3 Å². The quantitative estimate of drug-likeness (QED) is 0.723. The Balaban J connectivity index is 2.16. The summed E-state index contributed by atoms with van der Waals surface area (Å²) in [5.41, 5.74) is 5.01. The second kappa shape index (κ2) is 5.24. The fourth-order valence-corrected chi connectivity index (χ4v) is 2.64. The number of carbonyl (C=O) groups excluding carboxylic acids is 1. The van der Waals surface area contributed by atoms with Crippen molar-refractivity contribution in [2.24, 2.45) is 5.73 Å². The van der Waals surface area contributed by atoms with Gasteiger partial charge in [0.05, 0.1) is 6.61 Å². The summed E-state index contributed by atoms with van der Waals surface area (Å²) >= 11 is 0. The molecular weight excluding hydrogens is 236 g/mol. The molecule has 18 heavy (non-hydrogen) atoms. The van der Waals surface area contributed by atoms with E-state index in [1.165, 1.54) is 4.90 Å². The lowest BCUT2D eigenvalue weighted by Gasteiger charge is -2.33. The number of rotatable bonds is 2. The molecule has 0 spiro atoms. The average Bonchev–Trinajstić information content (AvgIpc) is 2.65. The van der Waals surface area contributed by atoms with Gasteiger partial charge in [-0.2, -0.15) is 0 Å². The Bertz CT molecular complexity index is 339. The molecular formula is C12H20N2O4. The Morgan fingerprint density at radius 3 is 2.72 bits per heavy atom. The molecule has 2 saturated heterocycles. The summed E-state index contributed by atoms with van der Waals surface area (Å²) in [6, 6.07) is -0.735. The zero-order valence-corrected chi connectivity index (χ0v) is 10.4. The van der Waals surface area contributed by atoms with Crippen LogP contribution in [0.2, 0.25) is 0 Å². The highest BCUT2D eigenvalue weighted by Crippen LogP contribution is 2.24. The molecule has 2 aliphatic rings. The molecule has 1 amide bonds. The first kappa shape index (κ1) is 13.3. The van der Waals surface area contributed by atoms with Gasteiger partial charge >= 0.3 is 5.97 Å². The van der Waals surface area contributed by atoms with Crippen LogP contribution in [0.1, 0.15) is 32.1 Å². The van der Waals surface area contributed by atoms with E-state index in [2.05, 4.69) is 0 Å². The maximum atomic E-state index is 12.4. The van der Waals surface area contributed by atoms with Crippen molar-refractivity contribution < 1.29 is 19.4 Å². The molecule has 0 aromatic rings. The highest BCUT2D eigenvalue weighted by atomic mass is 16.5. The maximum Gasteiger partial charge on any atom is 0.326 e. The van der Waals surface area contributed by atoms with Crippen LogP contribution < -0.4 is 5.73 Å². The smallest absolute Gasteiger partial charge is 0.326 e. The molecule has 2 atom stereocenters. The molecule has 6 nitrogen and oxygen atoms in total. The van der Waals surface area contributed by atoms with Gasteiger partial charge in [-0.1, -0.05) is 12.8 Å². The number of hydrogen-bond donors (Lipinski definition) is 2. The van der Waals surface area contributed by atoms with Crippen LogP contribution in [0.25, 0.3) is 0 Å².